The first-order valence-corrected chi connectivity index (χ1v) is 6.69. The van der Waals surface area contributed by atoms with Gasteiger partial charge in [0.25, 0.3) is 5.91 Å². The van der Waals surface area contributed by atoms with Crippen LogP contribution in [0, 0.1) is 0 Å². The number of carbonyl (C=O) groups is 1. The molecule has 1 aliphatic heterocycles. The Bertz CT molecular complexity index is 645. The number of amides is 1. The number of nitrogens with zero attached hydrogens (tertiary/aromatic N) is 4. The summed E-state index contributed by atoms with van der Waals surface area (Å²) in [4.78, 5) is 24.2. The summed E-state index contributed by atoms with van der Waals surface area (Å²) in [5, 5.41) is 6.63. The Kier molecular flexibility index (Phi) is 3.23. The van der Waals surface area contributed by atoms with Crippen LogP contribution in [0.15, 0.2) is 6.33 Å². The minimum atomic E-state index is -0.557. The van der Waals surface area contributed by atoms with Crippen molar-refractivity contribution in [3.63, 3.8) is 0 Å². The smallest absolute Gasteiger partial charge is 0.284 e. The van der Waals surface area contributed by atoms with Crippen LogP contribution in [-0.2, 0) is 6.54 Å². The molecule has 0 spiro atoms. The summed E-state index contributed by atoms with van der Waals surface area (Å²) in [6, 6.07) is 0.317. The second kappa shape index (κ2) is 5.04. The Hall–Kier alpha value is -2.22. The Morgan fingerprint density at radius 3 is 3.10 bits per heavy atom. The van der Waals surface area contributed by atoms with Crippen LogP contribution in [0.3, 0.4) is 0 Å². The third kappa shape index (κ3) is 2.07. The van der Waals surface area contributed by atoms with E-state index >= 15 is 0 Å². The largest absolute Gasteiger partial charge is 0.364 e. The lowest BCUT2D eigenvalue weighted by Crippen LogP contribution is -2.22. The minimum Gasteiger partial charge on any atom is -0.364 e. The van der Waals surface area contributed by atoms with Crippen LogP contribution in [0.1, 0.15) is 24.0 Å². The summed E-state index contributed by atoms with van der Waals surface area (Å²) in [7, 11) is 0. The lowest BCUT2D eigenvalue weighted by atomic mass is 10.2. The summed E-state index contributed by atoms with van der Waals surface area (Å²) in [6.07, 6.45) is 2.51. The molecule has 2 aromatic heterocycles. The van der Waals surface area contributed by atoms with E-state index in [2.05, 4.69) is 25.6 Å². The average molecular weight is 275 g/mol. The molecule has 0 saturated carbocycles. The van der Waals surface area contributed by atoms with Gasteiger partial charge in [0.15, 0.2) is 17.0 Å². The van der Waals surface area contributed by atoms with E-state index in [0.29, 0.717) is 29.6 Å². The maximum atomic E-state index is 11.5. The first-order valence-electron chi connectivity index (χ1n) is 6.69. The van der Waals surface area contributed by atoms with Crippen LogP contribution in [0.5, 0.6) is 0 Å². The molecule has 106 valence electrons. The zero-order valence-corrected chi connectivity index (χ0v) is 11.3. The predicted octanol–water partition coefficient (Wildman–Crippen LogP) is -0.281. The van der Waals surface area contributed by atoms with E-state index in [-0.39, 0.29) is 5.82 Å². The van der Waals surface area contributed by atoms with Gasteiger partial charge < -0.3 is 20.9 Å². The van der Waals surface area contributed by atoms with Crippen molar-refractivity contribution >= 4 is 22.9 Å². The number of hydrogen-bond acceptors (Lipinski definition) is 6. The van der Waals surface area contributed by atoms with Gasteiger partial charge in [0, 0.05) is 19.1 Å². The molecule has 1 atom stereocenters. The van der Waals surface area contributed by atoms with Crippen LogP contribution in [0.2, 0.25) is 0 Å². The fourth-order valence-electron chi connectivity index (χ4n) is 2.50. The van der Waals surface area contributed by atoms with Crippen molar-refractivity contribution in [3.05, 3.63) is 12.2 Å². The summed E-state index contributed by atoms with van der Waals surface area (Å²) >= 11 is 0. The number of imidazole rings is 1. The Labute approximate surface area is 115 Å². The van der Waals surface area contributed by atoms with Crippen molar-refractivity contribution in [1.29, 1.82) is 0 Å². The zero-order valence-electron chi connectivity index (χ0n) is 11.3. The van der Waals surface area contributed by atoms with Gasteiger partial charge in [-0.25, -0.2) is 15.0 Å². The quantitative estimate of drug-likeness (QED) is 0.707. The molecule has 4 N–H and O–H groups in total. The Morgan fingerprint density at radius 1 is 1.60 bits per heavy atom. The first kappa shape index (κ1) is 12.8. The molecule has 1 amide bonds. The molecule has 1 aliphatic rings. The lowest BCUT2D eigenvalue weighted by Gasteiger charge is -2.11. The molecule has 0 radical (unpaired) electrons. The zero-order chi connectivity index (χ0) is 14.1. The van der Waals surface area contributed by atoms with E-state index in [1.807, 2.05) is 6.92 Å². The van der Waals surface area contributed by atoms with Crippen molar-refractivity contribution < 1.29 is 4.79 Å². The third-order valence-corrected chi connectivity index (χ3v) is 3.47. The van der Waals surface area contributed by atoms with Crippen molar-refractivity contribution in [2.75, 3.05) is 18.4 Å². The maximum Gasteiger partial charge on any atom is 0.284 e. The van der Waals surface area contributed by atoms with Gasteiger partial charge in [-0.2, -0.15) is 0 Å². The van der Waals surface area contributed by atoms with Crippen LogP contribution >= 0.6 is 0 Å². The highest BCUT2D eigenvalue weighted by Gasteiger charge is 2.21. The van der Waals surface area contributed by atoms with Gasteiger partial charge in [-0.3, -0.25) is 4.79 Å². The van der Waals surface area contributed by atoms with Crippen molar-refractivity contribution in [1.82, 2.24) is 24.8 Å². The topological polar surface area (TPSA) is 111 Å². The highest BCUT2D eigenvalue weighted by atomic mass is 16.1. The highest BCUT2D eigenvalue weighted by Crippen LogP contribution is 2.21. The SMILES string of the molecule is CCn1c(C(N)=O)nc2c(NC3CCNC3)ncnc21. The first-order chi connectivity index (χ1) is 9.70. The van der Waals surface area contributed by atoms with Gasteiger partial charge in [-0.05, 0) is 19.9 Å². The molecule has 8 heteroatoms. The monoisotopic (exact) mass is 275 g/mol. The number of carbonyl (C=O) groups excluding carboxylic acids is 1. The van der Waals surface area contributed by atoms with Gasteiger partial charge in [-0.15, -0.1) is 0 Å². The molecule has 0 bridgehead atoms. The molecule has 8 nitrogen and oxygen atoms in total. The number of hydrogen-bond donors (Lipinski definition) is 3. The number of aromatic nitrogens is 4. The van der Waals surface area contributed by atoms with E-state index in [1.165, 1.54) is 6.33 Å². The molecule has 0 aliphatic carbocycles. The van der Waals surface area contributed by atoms with Gasteiger partial charge in [0.1, 0.15) is 6.33 Å². The fourth-order valence-corrected chi connectivity index (χ4v) is 2.50. The van der Waals surface area contributed by atoms with Crippen LogP contribution < -0.4 is 16.4 Å². The van der Waals surface area contributed by atoms with E-state index in [4.69, 9.17) is 5.73 Å². The Balaban J connectivity index is 2.06. The number of aryl methyl sites for hydroxylation is 1. The van der Waals surface area contributed by atoms with E-state index in [9.17, 15) is 4.79 Å². The average Bonchev–Trinajstić information content (AvgIpc) is 3.05. The van der Waals surface area contributed by atoms with Crippen molar-refractivity contribution in [3.8, 4) is 0 Å². The Morgan fingerprint density at radius 2 is 2.45 bits per heavy atom. The van der Waals surface area contributed by atoms with Gasteiger partial charge >= 0.3 is 0 Å². The molecule has 2 aromatic rings. The van der Waals surface area contributed by atoms with Gasteiger partial charge in [-0.1, -0.05) is 0 Å². The van der Waals surface area contributed by atoms with Crippen LogP contribution in [0.4, 0.5) is 5.82 Å². The normalized spacial score (nSPS) is 18.6. The second-order valence-corrected chi connectivity index (χ2v) is 4.77. The van der Waals surface area contributed by atoms with E-state index in [1.54, 1.807) is 4.57 Å². The molecule has 1 unspecified atom stereocenters. The number of fused-ring (bicyclic) bond motifs is 1. The second-order valence-electron chi connectivity index (χ2n) is 4.77. The van der Waals surface area contributed by atoms with Crippen molar-refractivity contribution in [2.45, 2.75) is 25.9 Å². The molecular weight excluding hydrogens is 258 g/mol. The molecule has 1 fully saturated rings. The van der Waals surface area contributed by atoms with Crippen LogP contribution in [0.25, 0.3) is 11.2 Å². The minimum absolute atomic E-state index is 0.218. The molecule has 3 rings (SSSR count). The van der Waals surface area contributed by atoms with E-state index in [0.717, 1.165) is 19.5 Å². The van der Waals surface area contributed by atoms with Gasteiger partial charge in [0.05, 0.1) is 0 Å². The summed E-state index contributed by atoms with van der Waals surface area (Å²) in [6.45, 7) is 4.38. The number of primary amides is 1. The number of rotatable bonds is 4. The molecule has 20 heavy (non-hydrogen) atoms. The van der Waals surface area contributed by atoms with Crippen molar-refractivity contribution in [2.24, 2.45) is 5.73 Å². The molecular formula is C12H17N7O. The number of nitrogens with two attached hydrogens (primary N) is 1. The lowest BCUT2D eigenvalue weighted by molar-refractivity contribution is 0.0987. The number of anilines is 1. The number of nitrogens with one attached hydrogen (secondary N) is 2. The predicted molar refractivity (Wildman–Crippen MR) is 74.4 cm³/mol. The maximum absolute atomic E-state index is 11.5. The summed E-state index contributed by atoms with van der Waals surface area (Å²) in [5.41, 5.74) is 6.59. The standard InChI is InChI=1S/C12H17N7O/c1-2-19-11-8(18-12(19)9(13)20)10(15-6-16-11)17-7-3-4-14-5-7/h6-7,14H,2-5H2,1H3,(H2,13,20)(H,15,16,17). The van der Waals surface area contributed by atoms with E-state index < -0.39 is 5.91 Å². The van der Waals surface area contributed by atoms with Gasteiger partial charge in [0.2, 0.25) is 5.82 Å². The molecule has 0 aromatic carbocycles. The third-order valence-electron chi connectivity index (χ3n) is 3.47. The van der Waals surface area contributed by atoms with Crippen LogP contribution in [-0.4, -0.2) is 44.6 Å². The highest BCUT2D eigenvalue weighted by molar-refractivity contribution is 5.95. The molecule has 3 heterocycles. The fraction of sp³-hybridized carbons (Fsp3) is 0.500. The summed E-state index contributed by atoms with van der Waals surface area (Å²) in [5.74, 6) is 0.312. The summed E-state index contributed by atoms with van der Waals surface area (Å²) < 4.78 is 1.71. The molecule has 1 saturated heterocycles.